The molecule has 0 heterocycles. The molecule has 1 aromatic carbocycles. The minimum absolute atomic E-state index is 0.0283. The average Bonchev–Trinajstić information content (AvgIpc) is 2.70. The summed E-state index contributed by atoms with van der Waals surface area (Å²) < 4.78 is 32.0. The van der Waals surface area contributed by atoms with Crippen molar-refractivity contribution in [3.63, 3.8) is 0 Å². The summed E-state index contributed by atoms with van der Waals surface area (Å²) in [5.41, 5.74) is -0.452. The summed E-state index contributed by atoms with van der Waals surface area (Å²) >= 11 is 0. The lowest BCUT2D eigenvalue weighted by Gasteiger charge is -2.17. The van der Waals surface area contributed by atoms with Crippen molar-refractivity contribution >= 4 is 21.8 Å². The minimum atomic E-state index is -3.96. The van der Waals surface area contributed by atoms with E-state index >= 15 is 0 Å². The van der Waals surface area contributed by atoms with E-state index in [0.717, 1.165) is 25.3 Å². The van der Waals surface area contributed by atoms with Gasteiger partial charge in [0.2, 0.25) is 10.0 Å². The second kappa shape index (κ2) is 13.1. The van der Waals surface area contributed by atoms with Crippen LogP contribution in [-0.2, 0) is 14.8 Å². The number of unbranched alkanes of at least 4 members (excludes halogenated alkanes) is 2. The molecule has 0 spiro atoms. The number of carbonyl (C=O) groups is 1. The molecule has 0 aliphatic rings. The lowest BCUT2D eigenvalue weighted by Crippen LogP contribution is -2.39. The molecule has 0 saturated carbocycles. The highest BCUT2D eigenvalue weighted by Crippen LogP contribution is 2.22. The van der Waals surface area contributed by atoms with Crippen LogP contribution in [0.4, 0.5) is 10.5 Å². The van der Waals surface area contributed by atoms with Gasteiger partial charge in [-0.3, -0.25) is 10.1 Å². The zero-order valence-electron chi connectivity index (χ0n) is 16.8. The van der Waals surface area contributed by atoms with Crippen molar-refractivity contribution < 1.29 is 22.9 Å². The number of hydrogen-bond acceptors (Lipinski definition) is 7. The molecule has 11 heteroatoms. The Hall–Kier alpha value is -2.24. The molecule has 1 atom stereocenters. The van der Waals surface area contributed by atoms with Crippen LogP contribution < -0.4 is 15.4 Å². The first kappa shape index (κ1) is 24.8. The average molecular weight is 431 g/mol. The van der Waals surface area contributed by atoms with E-state index in [1.807, 2.05) is 6.92 Å². The molecule has 29 heavy (non-hydrogen) atoms. The van der Waals surface area contributed by atoms with Gasteiger partial charge in [-0.05, 0) is 32.4 Å². The maximum atomic E-state index is 12.3. The highest BCUT2D eigenvalue weighted by Gasteiger charge is 2.24. The zero-order chi connectivity index (χ0) is 21.7. The van der Waals surface area contributed by atoms with Crippen LogP contribution in [0.25, 0.3) is 0 Å². The second-order valence-electron chi connectivity index (χ2n) is 6.47. The molecule has 1 aromatic rings. The Morgan fingerprint density at radius 1 is 1.24 bits per heavy atom. The Morgan fingerprint density at radius 3 is 2.62 bits per heavy atom. The first-order valence-electron chi connectivity index (χ1n) is 9.62. The molecule has 0 aliphatic heterocycles. The minimum Gasteiger partial charge on any atom is -0.450 e. The van der Waals surface area contributed by atoms with Crippen molar-refractivity contribution in [2.24, 2.45) is 0 Å². The molecule has 0 aromatic heterocycles. The van der Waals surface area contributed by atoms with Gasteiger partial charge in [0.25, 0.3) is 5.69 Å². The number of carbonyl (C=O) groups excluding carboxylic acids is 1. The lowest BCUT2D eigenvalue weighted by molar-refractivity contribution is -0.387. The standard InChI is InChI=1S/C18H30N4O6S/c1-3-4-13-28-18(23)20-14-15(19-2)9-7-8-12-21-29(26,27)17-11-6-5-10-16(17)22(24)25/h5-6,10-11,15,19,21H,3-4,7-9,12-14H2,1-2H3,(H,20,23)/t15-/m0/s1. The molecule has 164 valence electrons. The number of likely N-dealkylation sites (N-methyl/N-ethyl adjacent to an activating group) is 1. The van der Waals surface area contributed by atoms with Gasteiger partial charge >= 0.3 is 6.09 Å². The largest absolute Gasteiger partial charge is 0.450 e. The van der Waals surface area contributed by atoms with Crippen LogP contribution in [0.15, 0.2) is 29.2 Å². The molecule has 3 N–H and O–H groups in total. The van der Waals surface area contributed by atoms with E-state index in [9.17, 15) is 23.3 Å². The number of ether oxygens (including phenoxy) is 1. The smallest absolute Gasteiger partial charge is 0.407 e. The fourth-order valence-corrected chi connectivity index (χ4v) is 3.79. The van der Waals surface area contributed by atoms with Crippen molar-refractivity contribution in [1.82, 2.24) is 15.4 Å². The summed E-state index contributed by atoms with van der Waals surface area (Å²) in [5, 5.41) is 16.8. The number of alkyl carbamates (subject to hydrolysis) is 1. The predicted molar refractivity (Wildman–Crippen MR) is 109 cm³/mol. The van der Waals surface area contributed by atoms with Gasteiger partial charge in [0, 0.05) is 25.2 Å². The van der Waals surface area contributed by atoms with Gasteiger partial charge in [-0.15, -0.1) is 0 Å². The molecule has 0 unspecified atom stereocenters. The van der Waals surface area contributed by atoms with Crippen molar-refractivity contribution in [3.05, 3.63) is 34.4 Å². The SMILES string of the molecule is CCCCOC(=O)NC[C@H](CCCCNS(=O)(=O)c1ccccc1[N+](=O)[O-])NC. The number of para-hydroxylation sites is 1. The van der Waals surface area contributed by atoms with E-state index in [1.165, 1.54) is 18.2 Å². The van der Waals surface area contributed by atoms with Crippen LogP contribution in [0.5, 0.6) is 0 Å². The normalized spacial score (nSPS) is 12.3. The van der Waals surface area contributed by atoms with Crippen LogP contribution in [0.2, 0.25) is 0 Å². The summed E-state index contributed by atoms with van der Waals surface area (Å²) in [4.78, 5) is 21.5. The van der Waals surface area contributed by atoms with Gasteiger partial charge in [0.15, 0.2) is 4.90 Å². The fourth-order valence-electron chi connectivity index (χ4n) is 2.55. The first-order chi connectivity index (χ1) is 13.8. The molecule has 0 aliphatic carbocycles. The van der Waals surface area contributed by atoms with E-state index in [2.05, 4.69) is 15.4 Å². The van der Waals surface area contributed by atoms with Gasteiger partial charge in [-0.2, -0.15) is 0 Å². The van der Waals surface area contributed by atoms with Crippen LogP contribution in [0.1, 0.15) is 39.0 Å². The molecule has 1 rings (SSSR count). The molecule has 0 bridgehead atoms. The van der Waals surface area contributed by atoms with Gasteiger partial charge in [0.05, 0.1) is 11.5 Å². The number of benzene rings is 1. The summed E-state index contributed by atoms with van der Waals surface area (Å²) in [6.45, 7) is 2.98. The number of hydrogen-bond donors (Lipinski definition) is 3. The van der Waals surface area contributed by atoms with Gasteiger partial charge in [-0.25, -0.2) is 17.9 Å². The van der Waals surface area contributed by atoms with Crippen molar-refractivity contribution in [2.75, 3.05) is 26.7 Å². The third-order valence-electron chi connectivity index (χ3n) is 4.26. The molecule has 1 amide bonds. The highest BCUT2D eigenvalue weighted by molar-refractivity contribution is 7.89. The third kappa shape index (κ3) is 9.20. The second-order valence-corrected chi connectivity index (χ2v) is 8.21. The molecule has 0 radical (unpaired) electrons. The van der Waals surface area contributed by atoms with Crippen molar-refractivity contribution in [1.29, 1.82) is 0 Å². The van der Waals surface area contributed by atoms with Crippen molar-refractivity contribution in [2.45, 2.75) is 50.0 Å². The van der Waals surface area contributed by atoms with Gasteiger partial charge in [-0.1, -0.05) is 31.9 Å². The Morgan fingerprint density at radius 2 is 1.97 bits per heavy atom. The number of amides is 1. The summed E-state index contributed by atoms with van der Waals surface area (Å²) in [6.07, 6.45) is 3.31. The number of nitrogens with one attached hydrogen (secondary N) is 3. The molecular weight excluding hydrogens is 400 g/mol. The number of nitrogens with zero attached hydrogens (tertiary/aromatic N) is 1. The highest BCUT2D eigenvalue weighted by atomic mass is 32.2. The monoisotopic (exact) mass is 430 g/mol. The fraction of sp³-hybridized carbons (Fsp3) is 0.611. The van der Waals surface area contributed by atoms with Crippen LogP contribution in [-0.4, -0.2) is 52.2 Å². The topological polar surface area (TPSA) is 140 Å². The number of sulfonamides is 1. The number of rotatable bonds is 14. The van der Waals surface area contributed by atoms with E-state index in [-0.39, 0.29) is 17.5 Å². The zero-order valence-corrected chi connectivity index (χ0v) is 17.7. The van der Waals surface area contributed by atoms with Crippen molar-refractivity contribution in [3.8, 4) is 0 Å². The Bertz CT molecular complexity index is 756. The van der Waals surface area contributed by atoms with Crippen LogP contribution >= 0.6 is 0 Å². The molecule has 0 saturated heterocycles. The Balaban J connectivity index is 2.36. The lowest BCUT2D eigenvalue weighted by atomic mass is 10.1. The summed E-state index contributed by atoms with van der Waals surface area (Å²) in [7, 11) is -2.17. The first-order valence-corrected chi connectivity index (χ1v) is 11.1. The Kier molecular flexibility index (Phi) is 11.2. The van der Waals surface area contributed by atoms with E-state index in [4.69, 9.17) is 4.74 Å². The van der Waals surface area contributed by atoms with E-state index in [0.29, 0.717) is 26.0 Å². The number of nitro benzene ring substituents is 1. The van der Waals surface area contributed by atoms with E-state index in [1.54, 1.807) is 7.05 Å². The molecule has 0 fully saturated rings. The molecular formula is C18H30N4O6S. The van der Waals surface area contributed by atoms with Gasteiger partial charge in [0.1, 0.15) is 0 Å². The summed E-state index contributed by atoms with van der Waals surface area (Å²) in [6, 6.07) is 5.26. The Labute approximate surface area is 171 Å². The van der Waals surface area contributed by atoms with Crippen LogP contribution in [0, 0.1) is 10.1 Å². The van der Waals surface area contributed by atoms with Gasteiger partial charge < -0.3 is 15.4 Å². The molecule has 10 nitrogen and oxygen atoms in total. The maximum Gasteiger partial charge on any atom is 0.407 e. The van der Waals surface area contributed by atoms with Crippen LogP contribution in [0.3, 0.4) is 0 Å². The maximum absolute atomic E-state index is 12.3. The quantitative estimate of drug-likeness (QED) is 0.233. The van der Waals surface area contributed by atoms with E-state index < -0.39 is 26.7 Å². The summed E-state index contributed by atoms with van der Waals surface area (Å²) in [5.74, 6) is 0. The predicted octanol–water partition coefficient (Wildman–Crippen LogP) is 2.16. The number of nitro groups is 1. The third-order valence-corrected chi connectivity index (χ3v) is 5.76.